The summed E-state index contributed by atoms with van der Waals surface area (Å²) in [4.78, 5) is 10.8. The molecule has 0 aromatic heterocycles. The van der Waals surface area contributed by atoms with Gasteiger partial charge in [0.05, 0.1) is 0 Å². The number of aldehydes is 1. The van der Waals surface area contributed by atoms with Gasteiger partial charge in [0.15, 0.2) is 0 Å². The van der Waals surface area contributed by atoms with Crippen LogP contribution in [0.4, 0.5) is 0 Å². The van der Waals surface area contributed by atoms with Gasteiger partial charge in [-0.25, -0.2) is 0 Å². The van der Waals surface area contributed by atoms with Crippen LogP contribution < -0.4 is 0 Å². The highest BCUT2D eigenvalue weighted by Gasteiger charge is 1.90. The van der Waals surface area contributed by atoms with E-state index in [1.807, 2.05) is 48.6 Å². The minimum Gasteiger partial charge on any atom is -0.298 e. The largest absolute Gasteiger partial charge is 0.298 e. The van der Waals surface area contributed by atoms with Gasteiger partial charge in [-0.15, -0.1) is 0 Å². The topological polar surface area (TPSA) is 17.1 Å². The van der Waals surface area contributed by atoms with Crippen LogP contribution in [0.1, 0.15) is 25.3 Å². The monoisotopic (exact) mass is 200 g/mol. The lowest BCUT2D eigenvalue weighted by Crippen LogP contribution is -1.80. The molecule has 1 nitrogen and oxygen atoms in total. The standard InChI is InChI=1S/C14H16O/c1-2-3-5-10-14(12-15)11-13-8-6-4-7-9-13/h4-12H,2-3H2,1H3. The Morgan fingerprint density at radius 2 is 2.00 bits per heavy atom. The van der Waals surface area contributed by atoms with Gasteiger partial charge in [-0.1, -0.05) is 55.8 Å². The third-order valence-electron chi connectivity index (χ3n) is 2.03. The number of hydrogen-bond acceptors (Lipinski definition) is 1. The van der Waals surface area contributed by atoms with Crippen molar-refractivity contribution in [3.05, 3.63) is 53.6 Å². The van der Waals surface area contributed by atoms with Gasteiger partial charge in [-0.2, -0.15) is 0 Å². The highest BCUT2D eigenvalue weighted by molar-refractivity contribution is 5.85. The van der Waals surface area contributed by atoms with Crippen molar-refractivity contribution in [2.75, 3.05) is 0 Å². The Labute approximate surface area is 91.1 Å². The quantitative estimate of drug-likeness (QED) is 0.403. The number of hydrogen-bond donors (Lipinski definition) is 0. The SMILES string of the molecule is CCCC=CC(C=O)=Cc1ccccc1. The van der Waals surface area contributed by atoms with Crippen LogP contribution in [-0.4, -0.2) is 6.29 Å². The smallest absolute Gasteiger partial charge is 0.150 e. The molecule has 0 atom stereocenters. The molecule has 0 amide bonds. The maximum absolute atomic E-state index is 10.8. The third-order valence-corrected chi connectivity index (χ3v) is 2.03. The van der Waals surface area contributed by atoms with Crippen molar-refractivity contribution in [2.45, 2.75) is 19.8 Å². The average molecular weight is 200 g/mol. The molecule has 1 heteroatoms. The summed E-state index contributed by atoms with van der Waals surface area (Å²) in [5.41, 5.74) is 1.77. The van der Waals surface area contributed by atoms with Gasteiger partial charge >= 0.3 is 0 Å². The van der Waals surface area contributed by atoms with E-state index in [2.05, 4.69) is 6.92 Å². The Hall–Kier alpha value is -1.63. The van der Waals surface area contributed by atoms with E-state index in [1.165, 1.54) is 0 Å². The average Bonchev–Trinajstić information content (AvgIpc) is 2.29. The highest BCUT2D eigenvalue weighted by Crippen LogP contribution is 2.06. The Morgan fingerprint density at radius 1 is 1.27 bits per heavy atom. The van der Waals surface area contributed by atoms with E-state index in [-0.39, 0.29) is 0 Å². The van der Waals surface area contributed by atoms with Gasteiger partial charge in [0, 0.05) is 5.57 Å². The van der Waals surface area contributed by atoms with Crippen LogP contribution in [-0.2, 0) is 4.79 Å². The molecule has 0 spiro atoms. The summed E-state index contributed by atoms with van der Waals surface area (Å²) in [6.07, 6.45) is 8.80. The molecule has 0 unspecified atom stereocenters. The maximum atomic E-state index is 10.8. The number of benzene rings is 1. The van der Waals surface area contributed by atoms with Crippen LogP contribution in [0.3, 0.4) is 0 Å². The van der Waals surface area contributed by atoms with Crippen molar-refractivity contribution in [1.82, 2.24) is 0 Å². The normalized spacial score (nSPS) is 11.9. The lowest BCUT2D eigenvalue weighted by Gasteiger charge is -1.93. The van der Waals surface area contributed by atoms with Crippen molar-refractivity contribution in [1.29, 1.82) is 0 Å². The molecule has 0 saturated heterocycles. The van der Waals surface area contributed by atoms with Crippen LogP contribution in [0.25, 0.3) is 6.08 Å². The van der Waals surface area contributed by atoms with Crippen LogP contribution in [0, 0.1) is 0 Å². The Balaban J connectivity index is 2.74. The van der Waals surface area contributed by atoms with Crippen molar-refractivity contribution in [3.63, 3.8) is 0 Å². The fourth-order valence-electron chi connectivity index (χ4n) is 1.25. The molecule has 0 aliphatic rings. The molecule has 0 aliphatic carbocycles. The van der Waals surface area contributed by atoms with Crippen LogP contribution in [0.5, 0.6) is 0 Å². The molecule has 15 heavy (non-hydrogen) atoms. The molecule has 0 aliphatic heterocycles. The first-order valence-corrected chi connectivity index (χ1v) is 5.25. The Bertz CT molecular complexity index is 347. The van der Waals surface area contributed by atoms with E-state index in [0.29, 0.717) is 0 Å². The number of carbonyl (C=O) groups excluding carboxylic acids is 1. The minimum atomic E-state index is 0.717. The molecule has 1 aromatic rings. The minimum absolute atomic E-state index is 0.717. The first-order chi connectivity index (χ1) is 7.36. The first kappa shape index (κ1) is 11.4. The molecule has 0 N–H and O–H groups in total. The molecule has 0 heterocycles. The lowest BCUT2D eigenvalue weighted by molar-refractivity contribution is -0.104. The fraction of sp³-hybridized carbons (Fsp3) is 0.214. The van der Waals surface area contributed by atoms with E-state index < -0.39 is 0 Å². The van der Waals surface area contributed by atoms with Gasteiger partial charge < -0.3 is 0 Å². The molecular weight excluding hydrogens is 184 g/mol. The van der Waals surface area contributed by atoms with Gasteiger partial charge in [0.25, 0.3) is 0 Å². The van der Waals surface area contributed by atoms with E-state index in [9.17, 15) is 4.79 Å². The zero-order valence-corrected chi connectivity index (χ0v) is 9.02. The van der Waals surface area contributed by atoms with Crippen molar-refractivity contribution in [3.8, 4) is 0 Å². The van der Waals surface area contributed by atoms with Crippen LogP contribution >= 0.6 is 0 Å². The van der Waals surface area contributed by atoms with Gasteiger partial charge in [-0.05, 0) is 18.1 Å². The van der Waals surface area contributed by atoms with Gasteiger partial charge in [0.2, 0.25) is 0 Å². The maximum Gasteiger partial charge on any atom is 0.150 e. The molecule has 1 rings (SSSR count). The van der Waals surface area contributed by atoms with Crippen molar-refractivity contribution in [2.24, 2.45) is 0 Å². The first-order valence-electron chi connectivity index (χ1n) is 5.25. The zero-order chi connectivity index (χ0) is 10.9. The van der Waals surface area contributed by atoms with Crippen molar-refractivity contribution >= 4 is 12.4 Å². The van der Waals surface area contributed by atoms with E-state index >= 15 is 0 Å². The van der Waals surface area contributed by atoms with E-state index in [1.54, 1.807) is 0 Å². The number of rotatable bonds is 5. The molecule has 0 bridgehead atoms. The molecular formula is C14H16O. The number of unbranched alkanes of at least 4 members (excludes halogenated alkanes) is 1. The Kier molecular flexibility index (Phi) is 5.16. The third kappa shape index (κ3) is 4.41. The van der Waals surface area contributed by atoms with E-state index in [4.69, 9.17) is 0 Å². The predicted molar refractivity (Wildman–Crippen MR) is 64.5 cm³/mol. The molecule has 1 aromatic carbocycles. The molecule has 0 fully saturated rings. The number of allylic oxidation sites excluding steroid dienone is 3. The van der Waals surface area contributed by atoms with Crippen LogP contribution in [0.2, 0.25) is 0 Å². The van der Waals surface area contributed by atoms with Gasteiger partial charge in [-0.3, -0.25) is 4.79 Å². The summed E-state index contributed by atoms with van der Waals surface area (Å²) >= 11 is 0. The summed E-state index contributed by atoms with van der Waals surface area (Å²) in [6.45, 7) is 2.12. The van der Waals surface area contributed by atoms with E-state index in [0.717, 1.165) is 30.3 Å². The number of carbonyl (C=O) groups is 1. The fourth-order valence-corrected chi connectivity index (χ4v) is 1.25. The second-order valence-corrected chi connectivity index (χ2v) is 3.36. The molecule has 0 saturated carbocycles. The summed E-state index contributed by atoms with van der Waals surface area (Å²) < 4.78 is 0. The summed E-state index contributed by atoms with van der Waals surface area (Å²) in [7, 11) is 0. The molecule has 0 radical (unpaired) electrons. The highest BCUT2D eigenvalue weighted by atomic mass is 16.1. The lowest BCUT2D eigenvalue weighted by atomic mass is 10.1. The predicted octanol–water partition coefficient (Wildman–Crippen LogP) is 3.63. The second-order valence-electron chi connectivity index (χ2n) is 3.36. The summed E-state index contributed by atoms with van der Waals surface area (Å²) in [5.74, 6) is 0. The second kappa shape index (κ2) is 6.77. The summed E-state index contributed by atoms with van der Waals surface area (Å²) in [6, 6.07) is 9.85. The van der Waals surface area contributed by atoms with Crippen LogP contribution in [0.15, 0.2) is 48.1 Å². The van der Waals surface area contributed by atoms with Gasteiger partial charge in [0.1, 0.15) is 6.29 Å². The zero-order valence-electron chi connectivity index (χ0n) is 9.02. The van der Waals surface area contributed by atoms with Crippen molar-refractivity contribution < 1.29 is 4.79 Å². The summed E-state index contributed by atoms with van der Waals surface area (Å²) in [5, 5.41) is 0. The Morgan fingerprint density at radius 3 is 2.60 bits per heavy atom. The molecule has 78 valence electrons.